The molecule has 20 heteroatoms. The van der Waals surface area contributed by atoms with Gasteiger partial charge in [0.15, 0.2) is 18.9 Å². The fraction of sp³-hybridized carbons (Fsp3) is 1.00. The van der Waals surface area contributed by atoms with Gasteiger partial charge in [0.05, 0.1) is 32.5 Å². The van der Waals surface area contributed by atoms with Gasteiger partial charge in [-0.15, -0.1) is 0 Å². The molecule has 46 heavy (non-hydrogen) atoms. The Kier molecular flexibility index (Phi) is 13.4. The first kappa shape index (κ1) is 38.0. The minimum absolute atomic E-state index is 0.153. The van der Waals surface area contributed by atoms with Gasteiger partial charge in [-0.3, -0.25) is 0 Å². The lowest BCUT2D eigenvalue weighted by Gasteiger charge is -2.50. The molecule has 0 aromatic carbocycles. The third kappa shape index (κ3) is 7.51. The quantitative estimate of drug-likeness (QED) is 0.0964. The van der Waals surface area contributed by atoms with E-state index in [9.17, 15) is 66.4 Å². The molecule has 0 amide bonds. The first-order valence-corrected chi connectivity index (χ1v) is 15.0. The molecule has 0 aromatic rings. The summed E-state index contributed by atoms with van der Waals surface area (Å²) < 4.78 is 39.5. The Morgan fingerprint density at radius 3 is 1.15 bits per heavy atom. The molecule has 20 atom stereocenters. The van der Waals surface area contributed by atoms with Crippen molar-refractivity contribution >= 4 is 0 Å². The second kappa shape index (κ2) is 16.3. The van der Waals surface area contributed by atoms with E-state index in [4.69, 9.17) is 33.2 Å². The SMILES string of the molecule is CC[C@@H]1O[C@H](CO)[C@@H](O)[C@H](O[C@@H]2O[C@H](CO)[C@@H](O)[C@H](O[C@@H]3O[C@H](CO)[C@@H](O)[C@H](O)[C@H]3O)[C@H]2O)[C@H]1O[C@@H]1O[C@H](CO)[C@@H](O)[C@H](O)[C@H]1O. The van der Waals surface area contributed by atoms with Crippen LogP contribution in [0.5, 0.6) is 0 Å². The minimum Gasteiger partial charge on any atom is -0.394 e. The van der Waals surface area contributed by atoms with Gasteiger partial charge in [0.25, 0.3) is 0 Å². The largest absolute Gasteiger partial charge is 0.394 e. The molecule has 20 nitrogen and oxygen atoms in total. The van der Waals surface area contributed by atoms with Gasteiger partial charge >= 0.3 is 0 Å². The fourth-order valence-electron chi connectivity index (χ4n) is 5.95. The monoisotopic (exact) mass is 678 g/mol. The first-order valence-electron chi connectivity index (χ1n) is 15.0. The molecule has 0 radical (unpaired) electrons. The van der Waals surface area contributed by atoms with Gasteiger partial charge in [0.1, 0.15) is 97.7 Å². The van der Waals surface area contributed by atoms with Crippen molar-refractivity contribution in [2.45, 2.75) is 136 Å². The highest BCUT2D eigenvalue weighted by Crippen LogP contribution is 2.35. The van der Waals surface area contributed by atoms with Crippen LogP contribution in [0.1, 0.15) is 13.3 Å². The Hall–Kier alpha value is -0.800. The van der Waals surface area contributed by atoms with Crippen LogP contribution >= 0.6 is 0 Å². The zero-order valence-electron chi connectivity index (χ0n) is 24.8. The summed E-state index contributed by atoms with van der Waals surface area (Å²) in [6, 6.07) is 0. The molecule has 4 fully saturated rings. The van der Waals surface area contributed by atoms with E-state index in [0.29, 0.717) is 0 Å². The zero-order valence-corrected chi connectivity index (χ0v) is 24.8. The molecule has 0 saturated carbocycles. The van der Waals surface area contributed by atoms with Crippen LogP contribution in [0.25, 0.3) is 0 Å². The first-order chi connectivity index (χ1) is 21.8. The van der Waals surface area contributed by atoms with E-state index in [2.05, 4.69) is 0 Å². The van der Waals surface area contributed by atoms with Crippen molar-refractivity contribution in [3.63, 3.8) is 0 Å². The minimum atomic E-state index is -1.99. The smallest absolute Gasteiger partial charge is 0.187 e. The average molecular weight is 679 g/mol. The predicted octanol–water partition coefficient (Wildman–Crippen LogP) is -8.29. The molecular weight excluding hydrogens is 632 g/mol. The van der Waals surface area contributed by atoms with Crippen molar-refractivity contribution in [1.29, 1.82) is 0 Å². The Morgan fingerprint density at radius 2 is 0.717 bits per heavy atom. The van der Waals surface area contributed by atoms with Crippen molar-refractivity contribution in [3.8, 4) is 0 Å². The maximum Gasteiger partial charge on any atom is 0.187 e. The van der Waals surface area contributed by atoms with E-state index in [1.807, 2.05) is 0 Å². The molecule has 4 saturated heterocycles. The number of aliphatic hydroxyl groups is 13. The van der Waals surface area contributed by atoms with E-state index in [1.54, 1.807) is 6.92 Å². The number of aliphatic hydroxyl groups excluding tert-OH is 13. The van der Waals surface area contributed by atoms with E-state index in [0.717, 1.165) is 0 Å². The summed E-state index contributed by atoms with van der Waals surface area (Å²) in [6.45, 7) is -1.48. The number of hydrogen-bond acceptors (Lipinski definition) is 20. The molecule has 4 rings (SSSR count). The fourth-order valence-corrected chi connectivity index (χ4v) is 5.95. The lowest BCUT2D eigenvalue weighted by molar-refractivity contribution is -0.385. The third-order valence-corrected chi connectivity index (χ3v) is 8.73. The van der Waals surface area contributed by atoms with Gasteiger partial charge in [0.2, 0.25) is 0 Å². The van der Waals surface area contributed by atoms with Gasteiger partial charge in [-0.1, -0.05) is 6.92 Å². The summed E-state index contributed by atoms with van der Waals surface area (Å²) in [5.74, 6) is 0. The Labute approximate surface area is 262 Å². The van der Waals surface area contributed by atoms with Crippen LogP contribution in [0.4, 0.5) is 0 Å². The Bertz CT molecular complexity index is 930. The maximum atomic E-state index is 11.2. The van der Waals surface area contributed by atoms with Crippen molar-refractivity contribution in [1.82, 2.24) is 0 Å². The molecule has 0 spiro atoms. The summed E-state index contributed by atoms with van der Waals surface area (Å²) in [7, 11) is 0. The zero-order chi connectivity index (χ0) is 34.0. The molecule has 0 unspecified atom stereocenters. The topological polar surface area (TPSA) is 328 Å². The molecule has 4 heterocycles. The number of rotatable bonds is 11. The molecule has 4 aliphatic rings. The predicted molar refractivity (Wildman–Crippen MR) is 142 cm³/mol. The van der Waals surface area contributed by atoms with Crippen LogP contribution in [-0.4, -0.2) is 215 Å². The van der Waals surface area contributed by atoms with Crippen LogP contribution in [0.3, 0.4) is 0 Å². The Balaban J connectivity index is 1.59. The molecule has 4 aliphatic heterocycles. The van der Waals surface area contributed by atoms with Crippen LogP contribution in [0.2, 0.25) is 0 Å². The molecule has 270 valence electrons. The van der Waals surface area contributed by atoms with Crippen LogP contribution in [0.15, 0.2) is 0 Å². The summed E-state index contributed by atoms with van der Waals surface area (Å²) in [4.78, 5) is 0. The maximum absolute atomic E-state index is 11.2. The van der Waals surface area contributed by atoms with E-state index in [1.165, 1.54) is 0 Å². The van der Waals surface area contributed by atoms with Gasteiger partial charge in [-0.2, -0.15) is 0 Å². The van der Waals surface area contributed by atoms with Gasteiger partial charge in [-0.25, -0.2) is 0 Å². The molecule has 0 aromatic heterocycles. The number of hydrogen-bond donors (Lipinski definition) is 13. The summed E-state index contributed by atoms with van der Waals surface area (Å²) >= 11 is 0. The van der Waals surface area contributed by atoms with Crippen LogP contribution in [-0.2, 0) is 33.2 Å². The van der Waals surface area contributed by atoms with Crippen LogP contribution in [0, 0.1) is 0 Å². The third-order valence-electron chi connectivity index (χ3n) is 8.73. The summed E-state index contributed by atoms with van der Waals surface area (Å²) in [5.41, 5.74) is 0. The standard InChI is InChI=1S/C26H46O20/c1-2-7-21(44-24-18(37)16(35)12(31)8(3-27)41-24)23(15(34)10(5-29)40-7)46-26-20(39)22(14(33)11(6-30)43-26)45-25-19(38)17(36)13(32)9(4-28)42-25/h7-39H,2-6H2,1H3/t7-,8+,9+,10+,11+,12+,13+,14+,15+,16-,17-,18+,19+,20+,21-,22-,23-,24-,25-,26-/m0/s1. The second-order valence-electron chi connectivity index (χ2n) is 11.7. The normalized spacial score (nSPS) is 52.0. The molecule has 0 aliphatic carbocycles. The van der Waals surface area contributed by atoms with Crippen molar-refractivity contribution in [2.75, 3.05) is 26.4 Å². The highest BCUT2D eigenvalue weighted by atomic mass is 16.8. The Morgan fingerprint density at radius 1 is 0.370 bits per heavy atom. The van der Waals surface area contributed by atoms with Crippen molar-refractivity contribution in [3.05, 3.63) is 0 Å². The highest BCUT2D eigenvalue weighted by molar-refractivity contribution is 4.99. The van der Waals surface area contributed by atoms with E-state index in [-0.39, 0.29) is 6.42 Å². The van der Waals surface area contributed by atoms with Crippen molar-refractivity contribution < 1.29 is 99.5 Å². The van der Waals surface area contributed by atoms with Crippen LogP contribution < -0.4 is 0 Å². The summed E-state index contributed by atoms with van der Waals surface area (Å²) in [5, 5.41) is 134. The second-order valence-corrected chi connectivity index (χ2v) is 11.7. The lowest BCUT2D eigenvalue weighted by atomic mass is 9.92. The lowest BCUT2D eigenvalue weighted by Crippen LogP contribution is -2.68. The summed E-state index contributed by atoms with van der Waals surface area (Å²) in [6.07, 6.45) is -32.9. The van der Waals surface area contributed by atoms with Gasteiger partial charge < -0.3 is 99.5 Å². The molecule has 13 N–H and O–H groups in total. The highest BCUT2D eigenvalue weighted by Gasteiger charge is 2.55. The van der Waals surface area contributed by atoms with Gasteiger partial charge in [-0.05, 0) is 6.42 Å². The van der Waals surface area contributed by atoms with Gasteiger partial charge in [0, 0.05) is 0 Å². The molecule has 0 bridgehead atoms. The number of ether oxygens (including phenoxy) is 7. The average Bonchev–Trinajstić information content (AvgIpc) is 3.05. The van der Waals surface area contributed by atoms with E-state index >= 15 is 0 Å². The molecular formula is C26H46O20. The van der Waals surface area contributed by atoms with Crippen molar-refractivity contribution in [2.24, 2.45) is 0 Å². The van der Waals surface area contributed by atoms with E-state index < -0.39 is 149 Å².